The maximum atomic E-state index is 11.6. The van der Waals surface area contributed by atoms with Crippen molar-refractivity contribution >= 4 is 11.3 Å². The zero-order chi connectivity index (χ0) is 9.97. The quantitative estimate of drug-likeness (QED) is 0.747. The van der Waals surface area contributed by atoms with Gasteiger partial charge in [0.2, 0.25) is 0 Å². The van der Waals surface area contributed by atoms with E-state index in [1.165, 1.54) is 41.2 Å². The van der Waals surface area contributed by atoms with Gasteiger partial charge in [-0.15, -0.1) is 0 Å². The van der Waals surface area contributed by atoms with Crippen LogP contribution in [0.15, 0.2) is 4.79 Å². The van der Waals surface area contributed by atoms with Crippen molar-refractivity contribution in [1.29, 1.82) is 0 Å². The Morgan fingerprint density at radius 1 is 1.29 bits per heavy atom. The first-order chi connectivity index (χ1) is 6.83. The molecule has 1 aromatic rings. The lowest BCUT2D eigenvalue weighted by Gasteiger charge is -2.05. The second kappa shape index (κ2) is 4.28. The first-order valence-corrected chi connectivity index (χ1v) is 6.06. The summed E-state index contributed by atoms with van der Waals surface area (Å²) >= 11 is 1.42. The Morgan fingerprint density at radius 3 is 2.86 bits per heavy atom. The van der Waals surface area contributed by atoms with E-state index in [0.29, 0.717) is 13.1 Å². The van der Waals surface area contributed by atoms with Crippen LogP contribution in [-0.2, 0) is 19.4 Å². The summed E-state index contributed by atoms with van der Waals surface area (Å²) in [5.74, 6) is 0. The highest BCUT2D eigenvalue weighted by molar-refractivity contribution is 7.09. The van der Waals surface area contributed by atoms with Crippen molar-refractivity contribution in [3.8, 4) is 0 Å². The number of nitrogens with two attached hydrogens (primary N) is 1. The second-order valence-corrected chi connectivity index (χ2v) is 4.78. The summed E-state index contributed by atoms with van der Waals surface area (Å²) < 4.78 is 1.88. The molecule has 0 aromatic carbocycles. The third-order valence-electron chi connectivity index (χ3n) is 2.75. The predicted octanol–water partition coefficient (Wildman–Crippen LogP) is 1.14. The highest BCUT2D eigenvalue weighted by Gasteiger charge is 2.15. The van der Waals surface area contributed by atoms with Gasteiger partial charge in [0.15, 0.2) is 0 Å². The Kier molecular flexibility index (Phi) is 3.03. The lowest BCUT2D eigenvalue weighted by atomic mass is 10.2. The van der Waals surface area contributed by atoms with Crippen molar-refractivity contribution in [2.75, 3.05) is 6.54 Å². The summed E-state index contributed by atoms with van der Waals surface area (Å²) in [6.45, 7) is 1.24. The molecule has 0 aliphatic heterocycles. The van der Waals surface area contributed by atoms with E-state index >= 15 is 0 Å². The van der Waals surface area contributed by atoms with Crippen LogP contribution in [-0.4, -0.2) is 11.1 Å². The van der Waals surface area contributed by atoms with Gasteiger partial charge in [-0.3, -0.25) is 4.79 Å². The van der Waals surface area contributed by atoms with Crippen molar-refractivity contribution in [3.63, 3.8) is 0 Å². The van der Waals surface area contributed by atoms with Crippen LogP contribution >= 0.6 is 11.3 Å². The molecular weight excluding hydrogens is 196 g/mol. The molecule has 1 aliphatic rings. The molecule has 0 amide bonds. The fraction of sp³-hybridized carbons (Fsp3) is 0.700. The standard InChI is InChI=1S/C10H16N2OS/c11-6-7-12-8-4-2-1-3-5-9(8)14-10(12)13/h1-7,11H2. The molecule has 2 rings (SSSR count). The van der Waals surface area contributed by atoms with Gasteiger partial charge in [-0.1, -0.05) is 17.8 Å². The van der Waals surface area contributed by atoms with Crippen molar-refractivity contribution in [2.45, 2.75) is 38.6 Å². The maximum absolute atomic E-state index is 11.6. The lowest BCUT2D eigenvalue weighted by Crippen LogP contribution is -2.21. The molecule has 0 spiro atoms. The number of aryl methyl sites for hydroxylation is 1. The van der Waals surface area contributed by atoms with Crippen LogP contribution in [0.1, 0.15) is 29.8 Å². The molecule has 4 heteroatoms. The van der Waals surface area contributed by atoms with E-state index in [1.807, 2.05) is 4.57 Å². The van der Waals surface area contributed by atoms with E-state index in [4.69, 9.17) is 5.73 Å². The number of aromatic nitrogens is 1. The second-order valence-electron chi connectivity index (χ2n) is 3.74. The summed E-state index contributed by atoms with van der Waals surface area (Å²) in [6, 6.07) is 0. The van der Waals surface area contributed by atoms with Gasteiger partial charge in [0.25, 0.3) is 0 Å². The molecule has 14 heavy (non-hydrogen) atoms. The van der Waals surface area contributed by atoms with Crippen LogP contribution in [0.25, 0.3) is 0 Å². The molecule has 78 valence electrons. The Morgan fingerprint density at radius 2 is 2.07 bits per heavy atom. The van der Waals surface area contributed by atoms with E-state index in [-0.39, 0.29) is 4.87 Å². The van der Waals surface area contributed by atoms with Gasteiger partial charge in [0.05, 0.1) is 0 Å². The average molecular weight is 212 g/mol. The normalized spacial score (nSPS) is 16.4. The highest BCUT2D eigenvalue weighted by atomic mass is 32.1. The SMILES string of the molecule is NCCn1c2c(sc1=O)CCCCC2. The predicted molar refractivity (Wildman–Crippen MR) is 58.9 cm³/mol. The zero-order valence-electron chi connectivity index (χ0n) is 8.29. The fourth-order valence-electron chi connectivity index (χ4n) is 2.06. The molecule has 0 bridgehead atoms. The minimum atomic E-state index is 0.183. The van der Waals surface area contributed by atoms with Crippen LogP contribution in [0.2, 0.25) is 0 Å². The van der Waals surface area contributed by atoms with E-state index in [9.17, 15) is 4.79 Å². The molecule has 1 aromatic heterocycles. The number of thiazole rings is 1. The van der Waals surface area contributed by atoms with E-state index in [0.717, 1.165) is 12.8 Å². The Balaban J connectivity index is 2.39. The van der Waals surface area contributed by atoms with Crippen molar-refractivity contribution in [2.24, 2.45) is 5.73 Å². The molecule has 0 radical (unpaired) electrons. The van der Waals surface area contributed by atoms with Gasteiger partial charge in [-0.05, 0) is 25.7 Å². The fourth-order valence-corrected chi connectivity index (χ4v) is 3.16. The van der Waals surface area contributed by atoms with Crippen LogP contribution in [0, 0.1) is 0 Å². The van der Waals surface area contributed by atoms with Gasteiger partial charge in [0.1, 0.15) is 0 Å². The third kappa shape index (κ3) is 1.77. The Labute approximate surface area is 87.6 Å². The molecule has 0 fully saturated rings. The minimum absolute atomic E-state index is 0.183. The monoisotopic (exact) mass is 212 g/mol. The molecule has 1 heterocycles. The molecule has 0 saturated carbocycles. The number of hydrogen-bond acceptors (Lipinski definition) is 3. The summed E-state index contributed by atoms with van der Waals surface area (Å²) in [5, 5.41) is 0. The van der Waals surface area contributed by atoms with E-state index in [2.05, 4.69) is 0 Å². The Bertz CT molecular complexity index is 367. The first-order valence-electron chi connectivity index (χ1n) is 5.24. The summed E-state index contributed by atoms with van der Waals surface area (Å²) in [7, 11) is 0. The van der Waals surface area contributed by atoms with Gasteiger partial charge in [-0.25, -0.2) is 0 Å². The average Bonchev–Trinajstić information content (AvgIpc) is 2.39. The van der Waals surface area contributed by atoms with Gasteiger partial charge < -0.3 is 10.3 Å². The summed E-state index contributed by atoms with van der Waals surface area (Å²) in [5.41, 5.74) is 6.77. The molecular formula is C10H16N2OS. The smallest absolute Gasteiger partial charge is 0.307 e. The molecule has 0 saturated heterocycles. The van der Waals surface area contributed by atoms with Crippen molar-refractivity contribution < 1.29 is 0 Å². The first kappa shape index (κ1) is 9.93. The van der Waals surface area contributed by atoms with E-state index < -0.39 is 0 Å². The zero-order valence-corrected chi connectivity index (χ0v) is 9.11. The van der Waals surface area contributed by atoms with Gasteiger partial charge in [0, 0.05) is 23.7 Å². The van der Waals surface area contributed by atoms with Crippen LogP contribution in [0.4, 0.5) is 0 Å². The molecule has 1 aliphatic carbocycles. The van der Waals surface area contributed by atoms with Crippen LogP contribution < -0.4 is 10.6 Å². The maximum Gasteiger partial charge on any atom is 0.307 e. The van der Waals surface area contributed by atoms with Gasteiger partial charge in [-0.2, -0.15) is 0 Å². The highest BCUT2D eigenvalue weighted by Crippen LogP contribution is 2.22. The van der Waals surface area contributed by atoms with Gasteiger partial charge >= 0.3 is 4.87 Å². The minimum Gasteiger partial charge on any atom is -0.329 e. The number of rotatable bonds is 2. The third-order valence-corrected chi connectivity index (χ3v) is 3.83. The summed E-state index contributed by atoms with van der Waals surface area (Å²) in [6.07, 6.45) is 5.89. The Hall–Kier alpha value is -0.610. The molecule has 0 atom stereocenters. The summed E-state index contributed by atoms with van der Waals surface area (Å²) in [4.78, 5) is 13.1. The van der Waals surface area contributed by atoms with Crippen molar-refractivity contribution in [1.82, 2.24) is 4.57 Å². The lowest BCUT2D eigenvalue weighted by molar-refractivity contribution is 0.638. The molecule has 0 unspecified atom stereocenters. The topological polar surface area (TPSA) is 48.0 Å². The number of hydrogen-bond donors (Lipinski definition) is 1. The largest absolute Gasteiger partial charge is 0.329 e. The van der Waals surface area contributed by atoms with Crippen LogP contribution in [0.3, 0.4) is 0 Å². The number of nitrogens with zero attached hydrogens (tertiary/aromatic N) is 1. The van der Waals surface area contributed by atoms with Crippen molar-refractivity contribution in [3.05, 3.63) is 20.2 Å². The van der Waals surface area contributed by atoms with E-state index in [1.54, 1.807) is 0 Å². The van der Waals surface area contributed by atoms with Crippen LogP contribution in [0.5, 0.6) is 0 Å². The number of fused-ring (bicyclic) bond motifs is 1. The molecule has 2 N–H and O–H groups in total. The molecule has 3 nitrogen and oxygen atoms in total.